The Balaban J connectivity index is 1.59. The van der Waals surface area contributed by atoms with Crippen molar-refractivity contribution in [2.24, 2.45) is 5.92 Å². The van der Waals surface area contributed by atoms with Crippen LogP contribution in [0.1, 0.15) is 34.8 Å². The Kier molecular flexibility index (Phi) is 5.16. The number of carbonyl (C=O) groups excluding carboxylic acids is 3. The van der Waals surface area contributed by atoms with Gasteiger partial charge in [-0.05, 0) is 43.7 Å². The normalized spacial score (nSPS) is 16.6. The molecule has 0 spiro atoms. The van der Waals surface area contributed by atoms with Gasteiger partial charge >= 0.3 is 5.97 Å². The van der Waals surface area contributed by atoms with Crippen LogP contribution >= 0.6 is 0 Å². The Morgan fingerprint density at radius 1 is 1.08 bits per heavy atom. The quantitative estimate of drug-likeness (QED) is 0.472. The monoisotopic (exact) mass is 351 g/mol. The van der Waals surface area contributed by atoms with Gasteiger partial charge in [-0.15, -0.1) is 0 Å². The molecule has 26 heavy (non-hydrogen) atoms. The molecule has 1 aliphatic heterocycles. The molecule has 2 aromatic carbocycles. The summed E-state index contributed by atoms with van der Waals surface area (Å²) in [7, 11) is 0. The first-order valence-electron chi connectivity index (χ1n) is 8.58. The van der Waals surface area contributed by atoms with Crippen LogP contribution < -0.4 is 4.74 Å². The Hall–Kier alpha value is -2.95. The second-order valence-electron chi connectivity index (χ2n) is 6.66. The van der Waals surface area contributed by atoms with Crippen LogP contribution in [0.3, 0.4) is 0 Å². The molecule has 0 unspecified atom stereocenters. The maximum atomic E-state index is 12.4. The number of amides is 1. The van der Waals surface area contributed by atoms with Crippen molar-refractivity contribution in [2.75, 3.05) is 6.54 Å². The SMILES string of the molecule is CC(=O)c1ccc(OC(=O)[C@@H]2CC(=O)N(Cc3ccc(C)cc3)C2)cc1. The van der Waals surface area contributed by atoms with E-state index in [-0.39, 0.29) is 18.1 Å². The lowest BCUT2D eigenvalue weighted by Gasteiger charge is -2.16. The number of Topliss-reactive ketones (excluding diaryl/α,β-unsaturated/α-hetero) is 1. The molecule has 1 fully saturated rings. The van der Waals surface area contributed by atoms with E-state index in [4.69, 9.17) is 4.74 Å². The molecular formula is C21H21NO4. The van der Waals surface area contributed by atoms with Gasteiger partial charge in [0.1, 0.15) is 5.75 Å². The third-order valence-corrected chi connectivity index (χ3v) is 4.52. The van der Waals surface area contributed by atoms with E-state index < -0.39 is 11.9 Å². The summed E-state index contributed by atoms with van der Waals surface area (Å²) in [4.78, 5) is 37.5. The molecule has 1 atom stereocenters. The maximum absolute atomic E-state index is 12.4. The Morgan fingerprint density at radius 2 is 1.73 bits per heavy atom. The zero-order valence-electron chi connectivity index (χ0n) is 14.9. The number of likely N-dealkylation sites (tertiary alicyclic amines) is 1. The summed E-state index contributed by atoms with van der Waals surface area (Å²) in [6.45, 7) is 4.35. The highest BCUT2D eigenvalue weighted by Crippen LogP contribution is 2.23. The Bertz CT molecular complexity index is 824. The van der Waals surface area contributed by atoms with E-state index in [2.05, 4.69) is 0 Å². The van der Waals surface area contributed by atoms with E-state index in [1.54, 1.807) is 29.2 Å². The third-order valence-electron chi connectivity index (χ3n) is 4.52. The second-order valence-corrected chi connectivity index (χ2v) is 6.66. The fourth-order valence-electron chi connectivity index (χ4n) is 2.95. The molecule has 0 aromatic heterocycles. The molecule has 3 rings (SSSR count). The highest BCUT2D eigenvalue weighted by molar-refractivity contribution is 5.94. The lowest BCUT2D eigenvalue weighted by atomic mass is 10.1. The van der Waals surface area contributed by atoms with Crippen LogP contribution in [-0.4, -0.2) is 29.1 Å². The number of hydrogen-bond acceptors (Lipinski definition) is 4. The molecule has 0 radical (unpaired) electrons. The summed E-state index contributed by atoms with van der Waals surface area (Å²) in [5.74, 6) is -0.597. The standard InChI is InChI=1S/C21H21NO4/c1-14-3-5-16(6-4-14)12-22-13-18(11-20(22)24)21(25)26-19-9-7-17(8-10-19)15(2)23/h3-10,18H,11-13H2,1-2H3/t18-/m1/s1. The van der Waals surface area contributed by atoms with E-state index in [1.807, 2.05) is 31.2 Å². The molecule has 5 nitrogen and oxygen atoms in total. The van der Waals surface area contributed by atoms with Gasteiger partial charge in [0.05, 0.1) is 5.92 Å². The van der Waals surface area contributed by atoms with Crippen LogP contribution in [-0.2, 0) is 16.1 Å². The van der Waals surface area contributed by atoms with Gasteiger partial charge in [-0.2, -0.15) is 0 Å². The van der Waals surface area contributed by atoms with Gasteiger partial charge in [0, 0.05) is 25.1 Å². The topological polar surface area (TPSA) is 63.7 Å². The molecule has 0 N–H and O–H groups in total. The van der Waals surface area contributed by atoms with Crippen molar-refractivity contribution in [2.45, 2.75) is 26.8 Å². The van der Waals surface area contributed by atoms with Crippen LogP contribution in [0.4, 0.5) is 0 Å². The molecule has 0 aliphatic carbocycles. The summed E-state index contributed by atoms with van der Waals surface area (Å²) in [5, 5.41) is 0. The molecule has 5 heteroatoms. The largest absolute Gasteiger partial charge is 0.426 e. The minimum absolute atomic E-state index is 0.0422. The summed E-state index contributed by atoms with van der Waals surface area (Å²) >= 11 is 0. The molecule has 0 saturated carbocycles. The summed E-state index contributed by atoms with van der Waals surface area (Å²) in [6, 6.07) is 14.4. The average Bonchev–Trinajstić information content (AvgIpc) is 2.98. The first-order chi connectivity index (χ1) is 12.4. The number of carbonyl (C=O) groups is 3. The van der Waals surface area contributed by atoms with Crippen molar-refractivity contribution in [3.63, 3.8) is 0 Å². The number of nitrogens with zero attached hydrogens (tertiary/aromatic N) is 1. The third kappa shape index (κ3) is 4.17. The smallest absolute Gasteiger partial charge is 0.316 e. The Labute approximate surface area is 152 Å². The lowest BCUT2D eigenvalue weighted by molar-refractivity contribution is -0.139. The van der Waals surface area contributed by atoms with Gasteiger partial charge in [0.2, 0.25) is 5.91 Å². The van der Waals surface area contributed by atoms with Crippen molar-refractivity contribution < 1.29 is 19.1 Å². The fraction of sp³-hybridized carbons (Fsp3) is 0.286. The molecule has 1 aliphatic rings. The van der Waals surface area contributed by atoms with E-state index in [0.717, 1.165) is 5.56 Å². The summed E-state index contributed by atoms with van der Waals surface area (Å²) < 4.78 is 5.37. The summed E-state index contributed by atoms with van der Waals surface area (Å²) in [5.41, 5.74) is 2.77. The van der Waals surface area contributed by atoms with E-state index in [0.29, 0.717) is 24.4 Å². The van der Waals surface area contributed by atoms with Crippen molar-refractivity contribution in [3.05, 3.63) is 65.2 Å². The predicted octanol–water partition coefficient (Wildman–Crippen LogP) is 3.15. The van der Waals surface area contributed by atoms with Gasteiger partial charge in [-0.1, -0.05) is 29.8 Å². The summed E-state index contributed by atoms with van der Waals surface area (Å²) in [6.07, 6.45) is 0.163. The number of ether oxygens (including phenoxy) is 1. The van der Waals surface area contributed by atoms with Crippen molar-refractivity contribution >= 4 is 17.7 Å². The molecule has 2 aromatic rings. The van der Waals surface area contributed by atoms with E-state index >= 15 is 0 Å². The van der Waals surface area contributed by atoms with Gasteiger partial charge in [0.25, 0.3) is 0 Å². The molecule has 134 valence electrons. The first-order valence-corrected chi connectivity index (χ1v) is 8.58. The van der Waals surface area contributed by atoms with E-state index in [9.17, 15) is 14.4 Å². The number of aryl methyl sites for hydroxylation is 1. The first kappa shape index (κ1) is 17.9. The van der Waals surface area contributed by atoms with Crippen LogP contribution in [0, 0.1) is 12.8 Å². The van der Waals surface area contributed by atoms with Gasteiger partial charge in [0.15, 0.2) is 5.78 Å². The van der Waals surface area contributed by atoms with Crippen LogP contribution in [0.2, 0.25) is 0 Å². The number of hydrogen-bond donors (Lipinski definition) is 0. The number of ketones is 1. The van der Waals surface area contributed by atoms with Crippen LogP contribution in [0.5, 0.6) is 5.75 Å². The zero-order valence-corrected chi connectivity index (χ0v) is 14.9. The number of esters is 1. The molecule has 1 amide bonds. The minimum Gasteiger partial charge on any atom is -0.426 e. The van der Waals surface area contributed by atoms with Crippen molar-refractivity contribution in [1.29, 1.82) is 0 Å². The maximum Gasteiger partial charge on any atom is 0.316 e. The van der Waals surface area contributed by atoms with Gasteiger partial charge in [-0.3, -0.25) is 14.4 Å². The number of benzene rings is 2. The fourth-order valence-corrected chi connectivity index (χ4v) is 2.95. The van der Waals surface area contributed by atoms with Crippen LogP contribution in [0.25, 0.3) is 0 Å². The minimum atomic E-state index is -0.472. The van der Waals surface area contributed by atoms with Crippen LogP contribution in [0.15, 0.2) is 48.5 Å². The molecule has 1 saturated heterocycles. The average molecular weight is 351 g/mol. The van der Waals surface area contributed by atoms with E-state index in [1.165, 1.54) is 12.5 Å². The zero-order chi connectivity index (χ0) is 18.7. The molecule has 1 heterocycles. The van der Waals surface area contributed by atoms with Crippen molar-refractivity contribution in [3.8, 4) is 5.75 Å². The van der Waals surface area contributed by atoms with Gasteiger partial charge < -0.3 is 9.64 Å². The lowest BCUT2D eigenvalue weighted by Crippen LogP contribution is -2.27. The molecular weight excluding hydrogens is 330 g/mol. The molecule has 0 bridgehead atoms. The number of rotatable bonds is 5. The predicted molar refractivity (Wildman–Crippen MR) is 96.8 cm³/mol. The second kappa shape index (κ2) is 7.52. The highest BCUT2D eigenvalue weighted by atomic mass is 16.5. The highest BCUT2D eigenvalue weighted by Gasteiger charge is 2.35. The van der Waals surface area contributed by atoms with Crippen molar-refractivity contribution in [1.82, 2.24) is 4.90 Å². The Morgan fingerprint density at radius 3 is 2.35 bits per heavy atom. The van der Waals surface area contributed by atoms with Gasteiger partial charge in [-0.25, -0.2) is 0 Å².